The molecule has 132 valence electrons. The molecule has 1 fully saturated rings. The molecule has 1 aromatic carbocycles. The van der Waals surface area contributed by atoms with E-state index in [0.717, 1.165) is 48.0 Å². The van der Waals surface area contributed by atoms with Crippen LogP contribution in [0.4, 0.5) is 0 Å². The Morgan fingerprint density at radius 2 is 2.00 bits per heavy atom. The van der Waals surface area contributed by atoms with Gasteiger partial charge in [0.15, 0.2) is 0 Å². The van der Waals surface area contributed by atoms with Crippen molar-refractivity contribution in [2.75, 3.05) is 6.54 Å². The van der Waals surface area contributed by atoms with Crippen LogP contribution in [0.2, 0.25) is 0 Å². The van der Waals surface area contributed by atoms with Crippen LogP contribution in [0.25, 0.3) is 10.9 Å². The molecule has 24 heavy (non-hydrogen) atoms. The standard InChI is InChI=1S/C18H23N3O.2ClH/c1-12-11-15(14-7-3-4-8-16(14)20-12)18(22)21-10-6-5-9-17(21)13(2)19;;/h3-4,7-8,11,13,17H,5-6,9-10,19H2,1-2H3;2*1H. The summed E-state index contributed by atoms with van der Waals surface area (Å²) < 4.78 is 0. The number of rotatable bonds is 2. The van der Waals surface area contributed by atoms with Crippen LogP contribution in [0.15, 0.2) is 30.3 Å². The van der Waals surface area contributed by atoms with E-state index in [-0.39, 0.29) is 42.8 Å². The van der Waals surface area contributed by atoms with Crippen LogP contribution in [0.5, 0.6) is 0 Å². The maximum Gasteiger partial charge on any atom is 0.254 e. The number of carbonyl (C=O) groups excluding carboxylic acids is 1. The highest BCUT2D eigenvalue weighted by Crippen LogP contribution is 2.25. The number of nitrogens with two attached hydrogens (primary N) is 1. The molecule has 1 amide bonds. The number of nitrogens with zero attached hydrogens (tertiary/aromatic N) is 2. The van der Waals surface area contributed by atoms with Gasteiger partial charge in [0.1, 0.15) is 0 Å². The fourth-order valence-corrected chi connectivity index (χ4v) is 3.40. The van der Waals surface area contributed by atoms with Gasteiger partial charge in [0, 0.05) is 29.7 Å². The third-order valence-corrected chi connectivity index (χ3v) is 4.49. The van der Waals surface area contributed by atoms with Gasteiger partial charge in [-0.3, -0.25) is 9.78 Å². The van der Waals surface area contributed by atoms with E-state index >= 15 is 0 Å². The molecule has 1 aromatic heterocycles. The molecular weight excluding hydrogens is 345 g/mol. The lowest BCUT2D eigenvalue weighted by Crippen LogP contribution is -2.51. The normalized spacial score (nSPS) is 18.5. The summed E-state index contributed by atoms with van der Waals surface area (Å²) in [5, 5.41) is 0.923. The van der Waals surface area contributed by atoms with Gasteiger partial charge >= 0.3 is 0 Å². The van der Waals surface area contributed by atoms with Gasteiger partial charge in [0.2, 0.25) is 0 Å². The zero-order valence-corrected chi connectivity index (χ0v) is 15.7. The monoisotopic (exact) mass is 369 g/mol. The number of amides is 1. The summed E-state index contributed by atoms with van der Waals surface area (Å²) in [6.07, 6.45) is 3.19. The van der Waals surface area contributed by atoms with Gasteiger partial charge in [-0.05, 0) is 45.2 Å². The van der Waals surface area contributed by atoms with E-state index in [2.05, 4.69) is 4.98 Å². The molecule has 1 aliphatic rings. The lowest BCUT2D eigenvalue weighted by atomic mass is 9.95. The van der Waals surface area contributed by atoms with Gasteiger partial charge < -0.3 is 10.6 Å². The molecule has 0 spiro atoms. The van der Waals surface area contributed by atoms with Crippen LogP contribution in [0.3, 0.4) is 0 Å². The summed E-state index contributed by atoms with van der Waals surface area (Å²) in [5.74, 6) is 0.0868. The number of benzene rings is 1. The Bertz CT molecular complexity index is 706. The van der Waals surface area contributed by atoms with E-state index in [4.69, 9.17) is 5.73 Å². The third-order valence-electron chi connectivity index (χ3n) is 4.49. The van der Waals surface area contributed by atoms with Crippen LogP contribution in [0, 0.1) is 6.92 Å². The number of aryl methyl sites for hydroxylation is 1. The highest BCUT2D eigenvalue weighted by molar-refractivity contribution is 6.06. The van der Waals surface area contributed by atoms with Crippen molar-refractivity contribution in [3.63, 3.8) is 0 Å². The summed E-state index contributed by atoms with van der Waals surface area (Å²) in [5.41, 5.74) is 8.60. The molecule has 0 saturated carbocycles. The average molecular weight is 370 g/mol. The first-order chi connectivity index (χ1) is 10.6. The number of likely N-dealkylation sites (tertiary alicyclic amines) is 1. The quantitative estimate of drug-likeness (QED) is 0.876. The van der Waals surface area contributed by atoms with Crippen molar-refractivity contribution in [2.24, 2.45) is 5.73 Å². The molecule has 0 aliphatic carbocycles. The fourth-order valence-electron chi connectivity index (χ4n) is 3.40. The lowest BCUT2D eigenvalue weighted by molar-refractivity contribution is 0.0585. The van der Waals surface area contributed by atoms with Gasteiger partial charge in [-0.2, -0.15) is 0 Å². The molecule has 2 heterocycles. The van der Waals surface area contributed by atoms with Crippen molar-refractivity contribution in [2.45, 2.75) is 45.2 Å². The van der Waals surface area contributed by atoms with Crippen LogP contribution in [-0.2, 0) is 0 Å². The molecule has 4 nitrogen and oxygen atoms in total. The second kappa shape index (κ2) is 8.65. The smallest absolute Gasteiger partial charge is 0.254 e. The molecule has 6 heteroatoms. The van der Waals surface area contributed by atoms with Gasteiger partial charge in [-0.1, -0.05) is 18.2 Å². The second-order valence-electron chi connectivity index (χ2n) is 6.25. The summed E-state index contributed by atoms with van der Waals surface area (Å²) in [6.45, 7) is 4.72. The Kier molecular flexibility index (Phi) is 7.46. The highest BCUT2D eigenvalue weighted by atomic mass is 35.5. The predicted molar refractivity (Wildman–Crippen MR) is 103 cm³/mol. The number of pyridine rings is 1. The average Bonchev–Trinajstić information content (AvgIpc) is 2.53. The molecule has 3 rings (SSSR count). The van der Waals surface area contributed by atoms with Crippen LogP contribution in [-0.4, -0.2) is 34.4 Å². The molecule has 2 atom stereocenters. The van der Waals surface area contributed by atoms with E-state index in [1.165, 1.54) is 0 Å². The minimum Gasteiger partial charge on any atom is -0.334 e. The molecule has 1 aliphatic heterocycles. The molecule has 2 unspecified atom stereocenters. The van der Waals surface area contributed by atoms with Gasteiger partial charge in [0.25, 0.3) is 5.91 Å². The van der Waals surface area contributed by atoms with Crippen LogP contribution in [0.1, 0.15) is 42.2 Å². The Labute approximate surface area is 155 Å². The molecule has 2 aromatic rings. The van der Waals surface area contributed by atoms with E-state index < -0.39 is 0 Å². The van der Waals surface area contributed by atoms with Crippen molar-refractivity contribution in [1.29, 1.82) is 0 Å². The number of carbonyl (C=O) groups is 1. The third kappa shape index (κ3) is 4.00. The maximum absolute atomic E-state index is 13.1. The van der Waals surface area contributed by atoms with E-state index in [1.54, 1.807) is 0 Å². The first kappa shape index (κ1) is 20.7. The van der Waals surface area contributed by atoms with Crippen LogP contribution >= 0.6 is 24.8 Å². The number of piperidine rings is 1. The summed E-state index contributed by atoms with van der Waals surface area (Å²) in [6, 6.07) is 9.87. The van der Waals surface area contributed by atoms with Gasteiger partial charge in [0.05, 0.1) is 11.1 Å². The van der Waals surface area contributed by atoms with E-state index in [0.29, 0.717) is 0 Å². The zero-order chi connectivity index (χ0) is 15.7. The molecule has 2 N–H and O–H groups in total. The maximum atomic E-state index is 13.1. The van der Waals surface area contributed by atoms with Crippen molar-refractivity contribution in [3.05, 3.63) is 41.6 Å². The van der Waals surface area contributed by atoms with Crippen molar-refractivity contribution in [1.82, 2.24) is 9.88 Å². The van der Waals surface area contributed by atoms with E-state index in [1.807, 2.05) is 49.1 Å². The lowest BCUT2D eigenvalue weighted by Gasteiger charge is -2.38. The van der Waals surface area contributed by atoms with Crippen LogP contribution < -0.4 is 5.73 Å². The number of para-hydroxylation sites is 1. The van der Waals surface area contributed by atoms with Gasteiger partial charge in [-0.25, -0.2) is 0 Å². The molecule has 0 radical (unpaired) electrons. The zero-order valence-electron chi connectivity index (χ0n) is 14.1. The number of halogens is 2. The van der Waals surface area contributed by atoms with Crippen molar-refractivity contribution in [3.8, 4) is 0 Å². The first-order valence-electron chi connectivity index (χ1n) is 8.01. The number of hydrogen-bond acceptors (Lipinski definition) is 3. The minimum absolute atomic E-state index is 0. The number of fused-ring (bicyclic) bond motifs is 1. The molecule has 1 saturated heterocycles. The Morgan fingerprint density at radius 3 is 2.71 bits per heavy atom. The Balaban J connectivity index is 0.00000144. The SMILES string of the molecule is Cc1cc(C(=O)N2CCCCC2C(C)N)c2ccccc2n1.Cl.Cl. The predicted octanol–water partition coefficient (Wildman–Crippen LogP) is 3.73. The number of aromatic nitrogens is 1. The summed E-state index contributed by atoms with van der Waals surface area (Å²) >= 11 is 0. The topological polar surface area (TPSA) is 59.2 Å². The number of hydrogen-bond donors (Lipinski definition) is 1. The van der Waals surface area contributed by atoms with Crippen molar-refractivity contribution >= 4 is 41.6 Å². The largest absolute Gasteiger partial charge is 0.334 e. The highest BCUT2D eigenvalue weighted by Gasteiger charge is 2.30. The Morgan fingerprint density at radius 1 is 1.29 bits per heavy atom. The Hall–Kier alpha value is -1.36. The van der Waals surface area contributed by atoms with Crippen molar-refractivity contribution < 1.29 is 4.79 Å². The molecular formula is C18H25Cl2N3O. The minimum atomic E-state index is -0.00144. The summed E-state index contributed by atoms with van der Waals surface area (Å²) in [7, 11) is 0. The first-order valence-corrected chi connectivity index (χ1v) is 8.01. The molecule has 0 bridgehead atoms. The second-order valence-corrected chi connectivity index (χ2v) is 6.25. The van der Waals surface area contributed by atoms with E-state index in [9.17, 15) is 4.79 Å². The summed E-state index contributed by atoms with van der Waals surface area (Å²) in [4.78, 5) is 19.6. The fraction of sp³-hybridized carbons (Fsp3) is 0.444. The van der Waals surface area contributed by atoms with Gasteiger partial charge in [-0.15, -0.1) is 24.8 Å².